The standard InChI is InChI=1S/C25H33N3O2/c1-3-23(25-13-18-10-19(14-25)12-20(11-18)15-25)26-24(29)21-8-9-28(27-21)16-30-22-7-5-4-6-17(22)2/h4-9,18-20,23H,3,10-16H2,1-2H3,(H,26,29). The predicted molar refractivity (Wildman–Crippen MR) is 116 cm³/mol. The summed E-state index contributed by atoms with van der Waals surface area (Å²) in [6.45, 7) is 4.54. The number of aromatic nitrogens is 2. The minimum absolute atomic E-state index is 0.0489. The van der Waals surface area contributed by atoms with Crippen molar-refractivity contribution < 1.29 is 9.53 Å². The molecular formula is C25H33N3O2. The number of carbonyl (C=O) groups excluding carboxylic acids is 1. The zero-order valence-electron chi connectivity index (χ0n) is 18.1. The first-order valence-corrected chi connectivity index (χ1v) is 11.6. The number of amides is 1. The molecule has 1 N–H and O–H groups in total. The van der Waals surface area contributed by atoms with E-state index in [1.807, 2.05) is 37.4 Å². The summed E-state index contributed by atoms with van der Waals surface area (Å²) in [4.78, 5) is 13.0. The lowest BCUT2D eigenvalue weighted by Gasteiger charge is -2.59. The van der Waals surface area contributed by atoms with Gasteiger partial charge >= 0.3 is 0 Å². The molecule has 1 amide bonds. The summed E-state index contributed by atoms with van der Waals surface area (Å²) >= 11 is 0. The van der Waals surface area contributed by atoms with Crippen molar-refractivity contribution in [3.8, 4) is 5.75 Å². The van der Waals surface area contributed by atoms with Gasteiger partial charge in [0.05, 0.1) is 0 Å². The molecule has 1 aromatic carbocycles. The van der Waals surface area contributed by atoms with Gasteiger partial charge in [0, 0.05) is 12.2 Å². The minimum atomic E-state index is -0.0489. The number of nitrogens with zero attached hydrogens (tertiary/aromatic N) is 2. The fourth-order valence-corrected chi connectivity index (χ4v) is 6.93. The number of hydrogen-bond acceptors (Lipinski definition) is 3. The topological polar surface area (TPSA) is 56.2 Å². The molecule has 0 aliphatic heterocycles. The van der Waals surface area contributed by atoms with Crippen LogP contribution in [0.1, 0.15) is 67.9 Å². The number of nitrogens with one attached hydrogen (secondary N) is 1. The van der Waals surface area contributed by atoms with Gasteiger partial charge in [0.25, 0.3) is 5.91 Å². The van der Waals surface area contributed by atoms with E-state index in [9.17, 15) is 4.79 Å². The highest BCUT2D eigenvalue weighted by Crippen LogP contribution is 2.61. The lowest BCUT2D eigenvalue weighted by atomic mass is 9.47. The zero-order chi connectivity index (χ0) is 20.7. The molecule has 1 unspecified atom stereocenters. The van der Waals surface area contributed by atoms with Gasteiger partial charge in [-0.15, -0.1) is 0 Å². The highest BCUT2D eigenvalue weighted by Gasteiger charge is 2.54. The van der Waals surface area contributed by atoms with E-state index in [-0.39, 0.29) is 11.9 Å². The maximum Gasteiger partial charge on any atom is 0.272 e. The Morgan fingerprint density at radius 2 is 1.83 bits per heavy atom. The zero-order valence-corrected chi connectivity index (χ0v) is 18.1. The van der Waals surface area contributed by atoms with Crippen LogP contribution in [0.5, 0.6) is 5.75 Å². The molecule has 4 aliphatic carbocycles. The highest BCUT2D eigenvalue weighted by atomic mass is 16.5. The van der Waals surface area contributed by atoms with Crippen LogP contribution >= 0.6 is 0 Å². The van der Waals surface area contributed by atoms with Gasteiger partial charge in [-0.25, -0.2) is 4.68 Å². The Kier molecular flexibility index (Phi) is 5.08. The second kappa shape index (κ2) is 7.75. The van der Waals surface area contributed by atoms with Gasteiger partial charge in [0.2, 0.25) is 0 Å². The Hall–Kier alpha value is -2.30. The summed E-state index contributed by atoms with van der Waals surface area (Å²) in [6, 6.07) is 9.97. The van der Waals surface area contributed by atoms with Crippen LogP contribution < -0.4 is 10.1 Å². The van der Waals surface area contributed by atoms with Crippen molar-refractivity contribution in [2.45, 2.75) is 71.6 Å². The average molecular weight is 408 g/mol. The van der Waals surface area contributed by atoms with E-state index < -0.39 is 0 Å². The summed E-state index contributed by atoms with van der Waals surface area (Å²) in [5.74, 6) is 3.46. The molecule has 0 spiro atoms. The van der Waals surface area contributed by atoms with Crippen LogP contribution in [0.3, 0.4) is 0 Å². The Morgan fingerprint density at radius 3 is 2.47 bits per heavy atom. The summed E-state index contributed by atoms with van der Waals surface area (Å²) in [5.41, 5.74) is 1.88. The smallest absolute Gasteiger partial charge is 0.272 e. The Balaban J connectivity index is 1.23. The van der Waals surface area contributed by atoms with Crippen molar-refractivity contribution in [3.05, 3.63) is 47.8 Å². The molecule has 4 saturated carbocycles. The van der Waals surface area contributed by atoms with Gasteiger partial charge < -0.3 is 10.1 Å². The van der Waals surface area contributed by atoms with Crippen molar-refractivity contribution in [2.75, 3.05) is 0 Å². The molecule has 30 heavy (non-hydrogen) atoms. The Morgan fingerprint density at radius 1 is 1.17 bits per heavy atom. The summed E-state index contributed by atoms with van der Waals surface area (Å²) in [5, 5.41) is 7.85. The van der Waals surface area contributed by atoms with Crippen molar-refractivity contribution in [1.29, 1.82) is 0 Å². The van der Waals surface area contributed by atoms with Crippen molar-refractivity contribution in [1.82, 2.24) is 15.1 Å². The number of rotatable bonds is 7. The van der Waals surface area contributed by atoms with Crippen LogP contribution in [-0.2, 0) is 6.73 Å². The number of ether oxygens (including phenoxy) is 1. The maximum absolute atomic E-state index is 13.0. The lowest BCUT2D eigenvalue weighted by Crippen LogP contribution is -2.56. The van der Waals surface area contributed by atoms with Gasteiger partial charge in [-0.05, 0) is 92.7 Å². The molecule has 5 heteroatoms. The summed E-state index contributed by atoms with van der Waals surface area (Å²) < 4.78 is 7.54. The molecule has 0 saturated heterocycles. The maximum atomic E-state index is 13.0. The van der Waals surface area contributed by atoms with E-state index >= 15 is 0 Å². The largest absolute Gasteiger partial charge is 0.471 e. The van der Waals surface area contributed by atoms with Gasteiger partial charge in [-0.1, -0.05) is 25.1 Å². The van der Waals surface area contributed by atoms with E-state index in [2.05, 4.69) is 17.3 Å². The third kappa shape index (κ3) is 3.63. The molecule has 1 aromatic heterocycles. The monoisotopic (exact) mass is 407 g/mol. The molecule has 1 heterocycles. The predicted octanol–water partition coefficient (Wildman–Crippen LogP) is 4.95. The van der Waals surface area contributed by atoms with Crippen molar-refractivity contribution in [3.63, 3.8) is 0 Å². The molecule has 0 radical (unpaired) electrons. The van der Waals surface area contributed by atoms with Crippen LogP contribution in [0.25, 0.3) is 0 Å². The first-order valence-electron chi connectivity index (χ1n) is 11.6. The number of para-hydroxylation sites is 1. The Bertz CT molecular complexity index is 883. The minimum Gasteiger partial charge on any atom is -0.471 e. The van der Waals surface area contributed by atoms with E-state index in [4.69, 9.17) is 4.74 Å². The van der Waals surface area contributed by atoms with Crippen LogP contribution in [0.15, 0.2) is 36.5 Å². The summed E-state index contributed by atoms with van der Waals surface area (Å²) in [6.07, 6.45) is 11.0. The van der Waals surface area contributed by atoms with Gasteiger partial charge in [0.15, 0.2) is 6.73 Å². The van der Waals surface area contributed by atoms with Crippen LogP contribution in [0, 0.1) is 30.1 Å². The Labute approximate surface area is 179 Å². The molecule has 4 bridgehead atoms. The van der Waals surface area contributed by atoms with E-state index in [1.165, 1.54) is 38.5 Å². The molecule has 1 atom stereocenters. The van der Waals surface area contributed by atoms with Crippen molar-refractivity contribution in [2.24, 2.45) is 23.2 Å². The number of benzene rings is 1. The molecule has 4 fully saturated rings. The van der Waals surface area contributed by atoms with Crippen molar-refractivity contribution >= 4 is 5.91 Å². The molecule has 6 rings (SSSR count). The van der Waals surface area contributed by atoms with Gasteiger partial charge in [-0.3, -0.25) is 4.79 Å². The number of carbonyl (C=O) groups is 1. The van der Waals surface area contributed by atoms with Crippen LogP contribution in [0.2, 0.25) is 0 Å². The van der Waals surface area contributed by atoms with Gasteiger partial charge in [-0.2, -0.15) is 5.10 Å². The summed E-state index contributed by atoms with van der Waals surface area (Å²) in [7, 11) is 0. The quantitative estimate of drug-likeness (QED) is 0.706. The number of aryl methyl sites for hydroxylation is 1. The SMILES string of the molecule is CCC(NC(=O)c1ccn(COc2ccccc2C)n1)C12CC3CC(CC(C3)C1)C2. The van der Waals surface area contributed by atoms with Gasteiger partial charge in [0.1, 0.15) is 11.4 Å². The fourth-order valence-electron chi connectivity index (χ4n) is 6.93. The third-order valence-electron chi connectivity index (χ3n) is 7.86. The first-order chi connectivity index (χ1) is 14.5. The second-order valence-corrected chi connectivity index (χ2v) is 9.99. The average Bonchev–Trinajstić information content (AvgIpc) is 3.19. The molecule has 2 aromatic rings. The lowest BCUT2D eigenvalue weighted by molar-refractivity contribution is -0.0727. The third-order valence-corrected chi connectivity index (χ3v) is 7.86. The van der Waals surface area contributed by atoms with E-state index in [0.29, 0.717) is 17.8 Å². The highest BCUT2D eigenvalue weighted by molar-refractivity contribution is 5.92. The second-order valence-electron chi connectivity index (χ2n) is 9.99. The molecule has 160 valence electrons. The van der Waals surface area contributed by atoms with Crippen LogP contribution in [0.4, 0.5) is 0 Å². The van der Waals surface area contributed by atoms with E-state index in [0.717, 1.165) is 35.5 Å². The fraction of sp³-hybridized carbons (Fsp3) is 0.600. The van der Waals surface area contributed by atoms with Crippen LogP contribution in [-0.4, -0.2) is 21.7 Å². The molecular weight excluding hydrogens is 374 g/mol. The first kappa shape index (κ1) is 19.7. The molecule has 5 nitrogen and oxygen atoms in total. The van der Waals surface area contributed by atoms with E-state index in [1.54, 1.807) is 10.7 Å². The normalized spacial score (nSPS) is 30.3. The number of hydrogen-bond donors (Lipinski definition) is 1. The molecule has 4 aliphatic rings.